The highest BCUT2D eigenvalue weighted by molar-refractivity contribution is 6.47. The number of ketones is 1. The molecule has 3 heterocycles. The molecular formula is C19H16ClN5O3. The molecule has 0 spiro atoms. The molecule has 2 amide bonds. The van der Waals surface area contributed by atoms with Crippen LogP contribution < -0.4 is 0 Å². The van der Waals surface area contributed by atoms with Crippen LogP contribution >= 0.6 is 11.6 Å². The van der Waals surface area contributed by atoms with E-state index in [2.05, 4.69) is 15.0 Å². The molecule has 1 aromatic carbocycles. The van der Waals surface area contributed by atoms with Gasteiger partial charge in [-0.15, -0.1) is 0 Å². The van der Waals surface area contributed by atoms with Crippen LogP contribution in [0.2, 0.25) is 5.02 Å². The fourth-order valence-corrected chi connectivity index (χ4v) is 3.54. The lowest BCUT2D eigenvalue weighted by Gasteiger charge is -2.34. The highest BCUT2D eigenvalue weighted by atomic mass is 35.5. The Morgan fingerprint density at radius 2 is 1.79 bits per heavy atom. The number of amides is 2. The maximum absolute atomic E-state index is 12.7. The predicted molar refractivity (Wildman–Crippen MR) is 102 cm³/mol. The number of aromatic amines is 1. The van der Waals surface area contributed by atoms with E-state index >= 15 is 0 Å². The molecule has 2 aromatic heterocycles. The lowest BCUT2D eigenvalue weighted by atomic mass is 10.1. The molecule has 0 bridgehead atoms. The van der Waals surface area contributed by atoms with Crippen LogP contribution in [0.5, 0.6) is 0 Å². The number of hydrogen-bond acceptors (Lipinski definition) is 5. The number of H-pyrrole nitrogens is 1. The first-order chi connectivity index (χ1) is 13.6. The molecule has 1 fully saturated rings. The summed E-state index contributed by atoms with van der Waals surface area (Å²) in [6, 6.07) is 5.24. The number of nitrogens with one attached hydrogen (secondary N) is 1. The Morgan fingerprint density at radius 3 is 2.50 bits per heavy atom. The van der Waals surface area contributed by atoms with Gasteiger partial charge in [-0.3, -0.25) is 19.4 Å². The van der Waals surface area contributed by atoms with Crippen molar-refractivity contribution in [3.63, 3.8) is 0 Å². The molecule has 0 saturated carbocycles. The van der Waals surface area contributed by atoms with Gasteiger partial charge >= 0.3 is 0 Å². The Balaban J connectivity index is 1.45. The summed E-state index contributed by atoms with van der Waals surface area (Å²) in [6.45, 7) is 1.19. The summed E-state index contributed by atoms with van der Waals surface area (Å²) < 4.78 is 0. The first-order valence-electron chi connectivity index (χ1n) is 8.71. The molecule has 1 aliphatic heterocycles. The SMILES string of the molecule is O=C(C(=O)N1CCN(C(=O)c2cnccn2)CC1)c1c[nH]c2cccc(Cl)c12. The predicted octanol–water partition coefficient (Wildman–Crippen LogP) is 1.78. The molecule has 1 saturated heterocycles. The monoisotopic (exact) mass is 397 g/mol. The Morgan fingerprint density at radius 1 is 1.04 bits per heavy atom. The fourth-order valence-electron chi connectivity index (χ4n) is 3.26. The van der Waals surface area contributed by atoms with Crippen LogP contribution in [0.4, 0.5) is 0 Å². The van der Waals surface area contributed by atoms with E-state index in [-0.39, 0.29) is 30.3 Å². The quantitative estimate of drug-likeness (QED) is 0.536. The molecule has 3 aromatic rings. The maximum atomic E-state index is 12.7. The lowest BCUT2D eigenvalue weighted by molar-refractivity contribution is -0.127. The largest absolute Gasteiger partial charge is 0.360 e. The van der Waals surface area contributed by atoms with Crippen LogP contribution in [0.15, 0.2) is 43.0 Å². The van der Waals surface area contributed by atoms with Gasteiger partial charge in [0.05, 0.1) is 16.8 Å². The molecule has 1 aliphatic rings. The number of carbonyl (C=O) groups excluding carboxylic acids is 3. The van der Waals surface area contributed by atoms with Crippen LogP contribution in [-0.2, 0) is 4.79 Å². The lowest BCUT2D eigenvalue weighted by Crippen LogP contribution is -2.52. The minimum absolute atomic E-state index is 0.241. The van der Waals surface area contributed by atoms with Gasteiger partial charge in [-0.25, -0.2) is 4.98 Å². The second kappa shape index (κ2) is 7.40. The van der Waals surface area contributed by atoms with Crippen molar-refractivity contribution in [3.8, 4) is 0 Å². The second-order valence-corrected chi connectivity index (χ2v) is 6.78. The zero-order chi connectivity index (χ0) is 19.7. The first kappa shape index (κ1) is 18.1. The molecule has 1 N–H and O–H groups in total. The van der Waals surface area contributed by atoms with E-state index in [0.29, 0.717) is 29.0 Å². The van der Waals surface area contributed by atoms with Crippen LogP contribution in [0, 0.1) is 0 Å². The van der Waals surface area contributed by atoms with E-state index < -0.39 is 11.7 Å². The molecule has 0 radical (unpaired) electrons. The molecule has 0 atom stereocenters. The zero-order valence-corrected chi connectivity index (χ0v) is 15.5. The molecule has 0 aliphatic carbocycles. The number of carbonyl (C=O) groups is 3. The zero-order valence-electron chi connectivity index (χ0n) is 14.8. The number of halogens is 1. The Hall–Kier alpha value is -3.26. The number of benzene rings is 1. The van der Waals surface area contributed by atoms with Crippen molar-refractivity contribution < 1.29 is 14.4 Å². The molecule has 142 valence electrons. The Kier molecular flexibility index (Phi) is 4.79. The third-order valence-corrected chi connectivity index (χ3v) is 5.05. The highest BCUT2D eigenvalue weighted by Gasteiger charge is 2.30. The average molecular weight is 398 g/mol. The van der Waals surface area contributed by atoms with E-state index in [1.54, 1.807) is 23.1 Å². The van der Waals surface area contributed by atoms with E-state index in [1.165, 1.54) is 29.7 Å². The van der Waals surface area contributed by atoms with E-state index in [9.17, 15) is 14.4 Å². The van der Waals surface area contributed by atoms with Gasteiger partial charge in [-0.2, -0.15) is 0 Å². The van der Waals surface area contributed by atoms with Gasteiger partial charge < -0.3 is 14.8 Å². The number of hydrogen-bond donors (Lipinski definition) is 1. The molecule has 4 rings (SSSR count). The third-order valence-electron chi connectivity index (χ3n) is 4.73. The van der Waals surface area contributed by atoms with Crippen molar-refractivity contribution in [1.82, 2.24) is 24.8 Å². The minimum Gasteiger partial charge on any atom is -0.360 e. The van der Waals surface area contributed by atoms with Crippen LogP contribution in [0.3, 0.4) is 0 Å². The van der Waals surface area contributed by atoms with Gasteiger partial charge in [0.25, 0.3) is 17.6 Å². The number of rotatable bonds is 3. The smallest absolute Gasteiger partial charge is 0.295 e. The summed E-state index contributed by atoms with van der Waals surface area (Å²) in [4.78, 5) is 51.8. The molecule has 9 heteroatoms. The number of Topliss-reactive ketones (excluding diaryl/α,β-unsaturated/α-hetero) is 1. The van der Waals surface area contributed by atoms with Gasteiger partial charge in [-0.1, -0.05) is 17.7 Å². The molecular weight excluding hydrogens is 382 g/mol. The summed E-state index contributed by atoms with van der Waals surface area (Å²) in [5.41, 5.74) is 1.21. The van der Waals surface area contributed by atoms with E-state index in [0.717, 1.165) is 0 Å². The summed E-state index contributed by atoms with van der Waals surface area (Å²) in [7, 11) is 0. The van der Waals surface area contributed by atoms with Crippen molar-refractivity contribution in [2.24, 2.45) is 0 Å². The summed E-state index contributed by atoms with van der Waals surface area (Å²) in [6.07, 6.45) is 5.86. The second-order valence-electron chi connectivity index (χ2n) is 6.37. The first-order valence-corrected chi connectivity index (χ1v) is 9.08. The molecule has 8 nitrogen and oxygen atoms in total. The third kappa shape index (κ3) is 3.22. The summed E-state index contributed by atoms with van der Waals surface area (Å²) in [5.74, 6) is -1.46. The topological polar surface area (TPSA) is 99.3 Å². The molecule has 28 heavy (non-hydrogen) atoms. The van der Waals surface area contributed by atoms with Crippen LogP contribution in [0.25, 0.3) is 10.9 Å². The Labute approximate surface area is 165 Å². The number of fused-ring (bicyclic) bond motifs is 1. The summed E-state index contributed by atoms with van der Waals surface area (Å²) >= 11 is 6.20. The van der Waals surface area contributed by atoms with Gasteiger partial charge in [0.1, 0.15) is 5.69 Å². The van der Waals surface area contributed by atoms with Crippen LogP contribution in [0.1, 0.15) is 20.8 Å². The number of aromatic nitrogens is 3. The fraction of sp³-hybridized carbons (Fsp3) is 0.211. The van der Waals surface area contributed by atoms with Gasteiger partial charge in [0, 0.05) is 55.7 Å². The number of nitrogens with zero attached hydrogens (tertiary/aromatic N) is 4. The van der Waals surface area contributed by atoms with E-state index in [4.69, 9.17) is 11.6 Å². The van der Waals surface area contributed by atoms with Gasteiger partial charge in [0.15, 0.2) is 0 Å². The van der Waals surface area contributed by atoms with Crippen molar-refractivity contribution in [2.45, 2.75) is 0 Å². The maximum Gasteiger partial charge on any atom is 0.295 e. The van der Waals surface area contributed by atoms with E-state index in [1.807, 2.05) is 0 Å². The van der Waals surface area contributed by atoms with Crippen molar-refractivity contribution >= 4 is 40.1 Å². The van der Waals surface area contributed by atoms with Crippen molar-refractivity contribution in [2.75, 3.05) is 26.2 Å². The van der Waals surface area contributed by atoms with Crippen LogP contribution in [-0.4, -0.2) is 68.5 Å². The highest BCUT2D eigenvalue weighted by Crippen LogP contribution is 2.27. The standard InChI is InChI=1S/C19H16ClN5O3/c20-13-2-1-3-14-16(13)12(10-23-14)17(26)19(28)25-8-6-24(7-9-25)18(27)15-11-21-4-5-22-15/h1-5,10-11,23H,6-9H2. The molecule has 0 unspecified atom stereocenters. The average Bonchev–Trinajstić information content (AvgIpc) is 3.18. The Bertz CT molecular complexity index is 1060. The summed E-state index contributed by atoms with van der Waals surface area (Å²) in [5, 5.41) is 0.952. The van der Waals surface area contributed by atoms with Gasteiger partial charge in [0.2, 0.25) is 0 Å². The van der Waals surface area contributed by atoms with Crippen molar-refractivity contribution in [1.29, 1.82) is 0 Å². The van der Waals surface area contributed by atoms with Crippen molar-refractivity contribution in [3.05, 3.63) is 59.3 Å². The number of piperazine rings is 1. The normalized spacial score (nSPS) is 14.3. The minimum atomic E-state index is -0.618. The van der Waals surface area contributed by atoms with Gasteiger partial charge in [-0.05, 0) is 12.1 Å².